The third-order valence-corrected chi connectivity index (χ3v) is 3.28. The number of cyclic esters (lactones) is 2. The van der Waals surface area contributed by atoms with Crippen LogP contribution in [0.15, 0.2) is 22.2 Å². The van der Waals surface area contributed by atoms with Crippen LogP contribution in [0.2, 0.25) is 0 Å². The molecule has 124 valence electrons. The van der Waals surface area contributed by atoms with Gasteiger partial charge in [0.25, 0.3) is 5.79 Å². The maximum atomic E-state index is 12.9. The van der Waals surface area contributed by atoms with Gasteiger partial charge in [0, 0.05) is 23.9 Å². The van der Waals surface area contributed by atoms with Crippen molar-refractivity contribution in [2.24, 2.45) is 0 Å². The fourth-order valence-corrected chi connectivity index (χ4v) is 2.36. The van der Waals surface area contributed by atoms with E-state index in [1.807, 2.05) is 0 Å². The van der Waals surface area contributed by atoms with Gasteiger partial charge in [-0.05, 0) is 18.2 Å². The summed E-state index contributed by atoms with van der Waals surface area (Å²) < 4.78 is 48.2. The molecule has 5 nitrogen and oxygen atoms in total. The van der Waals surface area contributed by atoms with Crippen molar-refractivity contribution in [3.05, 3.63) is 33.3 Å². The van der Waals surface area contributed by atoms with Gasteiger partial charge >= 0.3 is 18.1 Å². The molecule has 1 aromatic carbocycles. The summed E-state index contributed by atoms with van der Waals surface area (Å²) in [5.74, 6) is -4.70. The van der Waals surface area contributed by atoms with E-state index in [0.717, 1.165) is 12.1 Å². The van der Waals surface area contributed by atoms with Gasteiger partial charge in [-0.2, -0.15) is 13.2 Å². The number of alkyl halides is 3. The van der Waals surface area contributed by atoms with Crippen molar-refractivity contribution < 1.29 is 37.3 Å². The largest absolute Gasteiger partial charge is 0.507 e. The molecule has 0 radical (unpaired) electrons. The number of carbonyl (C=O) groups excluding carboxylic acids is 2. The smallest absolute Gasteiger partial charge is 0.420 e. The number of carbonyl (C=O) groups is 2. The number of ether oxygens (including phenoxy) is 2. The molecule has 0 saturated carbocycles. The molecule has 9 heteroatoms. The van der Waals surface area contributed by atoms with Crippen LogP contribution >= 0.6 is 15.9 Å². The van der Waals surface area contributed by atoms with Crippen LogP contribution < -0.4 is 0 Å². The van der Waals surface area contributed by atoms with Crippen LogP contribution in [0.5, 0.6) is 5.75 Å². The minimum atomic E-state index is -4.81. The number of phenols is 1. The van der Waals surface area contributed by atoms with E-state index in [2.05, 4.69) is 15.9 Å². The van der Waals surface area contributed by atoms with Crippen LogP contribution in [0.25, 0.3) is 6.08 Å². The molecule has 1 fully saturated rings. The van der Waals surface area contributed by atoms with E-state index in [-0.39, 0.29) is 10.0 Å². The quantitative estimate of drug-likeness (QED) is 0.449. The van der Waals surface area contributed by atoms with E-state index in [1.165, 1.54) is 13.8 Å². The van der Waals surface area contributed by atoms with Crippen molar-refractivity contribution in [2.75, 3.05) is 0 Å². The lowest BCUT2D eigenvalue weighted by Gasteiger charge is -2.29. The Hall–Kier alpha value is -2.03. The summed E-state index contributed by atoms with van der Waals surface area (Å²) in [6.45, 7) is 2.66. The van der Waals surface area contributed by atoms with Crippen molar-refractivity contribution in [1.82, 2.24) is 0 Å². The van der Waals surface area contributed by atoms with Crippen LogP contribution in [-0.4, -0.2) is 22.8 Å². The Morgan fingerprint density at radius 3 is 2.17 bits per heavy atom. The first kappa shape index (κ1) is 17.3. The van der Waals surface area contributed by atoms with Crippen LogP contribution in [0, 0.1) is 0 Å². The highest BCUT2D eigenvalue weighted by molar-refractivity contribution is 9.10. The SMILES string of the molecule is CC1(C)OC(=O)C(=Cc2cc(Br)cc(C(F)(F)F)c2O)C(=O)O1. The number of halogens is 4. The zero-order chi connectivity index (χ0) is 17.6. The predicted octanol–water partition coefficient (Wildman–Crippen LogP) is 3.39. The summed E-state index contributed by atoms with van der Waals surface area (Å²) in [5.41, 5.74) is -2.31. The number of benzene rings is 1. The van der Waals surface area contributed by atoms with Gasteiger partial charge in [0.2, 0.25) is 0 Å². The molecule has 1 N–H and O–H groups in total. The van der Waals surface area contributed by atoms with Crippen LogP contribution in [0.1, 0.15) is 25.0 Å². The standard InChI is InChI=1S/C14H10BrF3O5/c1-13(2)22-11(20)8(12(21)23-13)4-6-3-7(15)5-9(10(6)19)14(16,17)18/h3-5,19H,1-2H3. The summed E-state index contributed by atoms with van der Waals surface area (Å²) >= 11 is 2.88. The van der Waals surface area contributed by atoms with Gasteiger partial charge in [-0.15, -0.1) is 0 Å². The first-order chi connectivity index (χ1) is 10.4. The molecule has 1 aliphatic heterocycles. The molecule has 1 saturated heterocycles. The second kappa shape index (κ2) is 5.55. The lowest BCUT2D eigenvalue weighted by atomic mass is 10.0. The molecule has 0 unspecified atom stereocenters. The van der Waals surface area contributed by atoms with Gasteiger partial charge in [0.1, 0.15) is 11.3 Å². The fraction of sp³-hybridized carbons (Fsp3) is 0.286. The van der Waals surface area contributed by atoms with Crippen molar-refractivity contribution in [3.63, 3.8) is 0 Å². The van der Waals surface area contributed by atoms with E-state index >= 15 is 0 Å². The third kappa shape index (κ3) is 3.66. The van der Waals surface area contributed by atoms with Gasteiger partial charge in [0.15, 0.2) is 0 Å². The van der Waals surface area contributed by atoms with Crippen molar-refractivity contribution >= 4 is 33.9 Å². The topological polar surface area (TPSA) is 72.8 Å². The second-order valence-electron chi connectivity index (χ2n) is 5.13. The number of esters is 2. The van der Waals surface area contributed by atoms with Gasteiger partial charge in [-0.25, -0.2) is 9.59 Å². The average molecular weight is 395 g/mol. The normalized spacial score (nSPS) is 17.6. The fourth-order valence-electron chi connectivity index (χ4n) is 1.88. The Bertz CT molecular complexity index is 700. The molecule has 1 aromatic rings. The summed E-state index contributed by atoms with van der Waals surface area (Å²) in [6.07, 6.45) is -4.02. The Morgan fingerprint density at radius 1 is 1.17 bits per heavy atom. The monoisotopic (exact) mass is 394 g/mol. The minimum Gasteiger partial charge on any atom is -0.507 e. The Morgan fingerprint density at radius 2 is 1.70 bits per heavy atom. The Balaban J connectivity index is 2.54. The summed E-state index contributed by atoms with van der Waals surface area (Å²) in [5, 5.41) is 9.77. The number of hydrogen-bond donors (Lipinski definition) is 1. The highest BCUT2D eigenvalue weighted by Crippen LogP contribution is 2.40. The Labute approximate surface area is 136 Å². The summed E-state index contributed by atoms with van der Waals surface area (Å²) in [7, 11) is 0. The number of rotatable bonds is 1. The molecule has 0 spiro atoms. The third-order valence-electron chi connectivity index (χ3n) is 2.83. The van der Waals surface area contributed by atoms with E-state index in [9.17, 15) is 27.9 Å². The van der Waals surface area contributed by atoms with Crippen molar-refractivity contribution in [3.8, 4) is 5.75 Å². The number of phenolic OH excluding ortho intramolecular Hbond substituents is 1. The highest BCUT2D eigenvalue weighted by atomic mass is 79.9. The Kier molecular flexibility index (Phi) is 4.18. The zero-order valence-corrected chi connectivity index (χ0v) is 13.4. The molecule has 0 aliphatic carbocycles. The van der Waals surface area contributed by atoms with E-state index < -0.39 is 40.8 Å². The lowest BCUT2D eigenvalue weighted by molar-refractivity contribution is -0.222. The van der Waals surface area contributed by atoms with Gasteiger partial charge in [-0.3, -0.25) is 0 Å². The van der Waals surface area contributed by atoms with Gasteiger partial charge in [-0.1, -0.05) is 15.9 Å². The van der Waals surface area contributed by atoms with E-state index in [0.29, 0.717) is 6.07 Å². The van der Waals surface area contributed by atoms with Gasteiger partial charge < -0.3 is 14.6 Å². The van der Waals surface area contributed by atoms with E-state index in [4.69, 9.17) is 9.47 Å². The predicted molar refractivity (Wildman–Crippen MR) is 75.0 cm³/mol. The molecular formula is C14H10BrF3O5. The number of aromatic hydroxyl groups is 1. The van der Waals surface area contributed by atoms with Crippen LogP contribution in [-0.2, 0) is 25.2 Å². The van der Waals surface area contributed by atoms with Crippen molar-refractivity contribution in [2.45, 2.75) is 25.8 Å². The first-order valence-electron chi connectivity index (χ1n) is 6.19. The van der Waals surface area contributed by atoms with Crippen LogP contribution in [0.4, 0.5) is 13.2 Å². The van der Waals surface area contributed by atoms with Crippen LogP contribution in [0.3, 0.4) is 0 Å². The summed E-state index contributed by atoms with van der Waals surface area (Å²) in [6, 6.07) is 1.80. The minimum absolute atomic E-state index is 0.00680. The molecule has 1 aliphatic rings. The maximum Gasteiger partial charge on any atom is 0.420 e. The molecule has 0 amide bonds. The molecule has 2 rings (SSSR count). The molecule has 23 heavy (non-hydrogen) atoms. The second-order valence-corrected chi connectivity index (χ2v) is 6.04. The maximum absolute atomic E-state index is 12.9. The van der Waals surface area contributed by atoms with E-state index in [1.54, 1.807) is 0 Å². The van der Waals surface area contributed by atoms with Gasteiger partial charge in [0.05, 0.1) is 5.56 Å². The summed E-state index contributed by atoms with van der Waals surface area (Å²) in [4.78, 5) is 23.6. The highest BCUT2D eigenvalue weighted by Gasteiger charge is 2.40. The average Bonchev–Trinajstić information content (AvgIpc) is 2.34. The number of hydrogen-bond acceptors (Lipinski definition) is 5. The first-order valence-corrected chi connectivity index (χ1v) is 6.98. The lowest BCUT2D eigenvalue weighted by Crippen LogP contribution is -2.41. The molecule has 0 atom stereocenters. The molecule has 0 aromatic heterocycles. The molecule has 1 heterocycles. The molecular weight excluding hydrogens is 385 g/mol. The zero-order valence-electron chi connectivity index (χ0n) is 11.8. The molecule has 0 bridgehead atoms. The van der Waals surface area contributed by atoms with Crippen molar-refractivity contribution in [1.29, 1.82) is 0 Å².